The Hall–Kier alpha value is -2.18. The second-order valence-electron chi connectivity index (χ2n) is 6.10. The van der Waals surface area contributed by atoms with Crippen molar-refractivity contribution in [1.82, 2.24) is 4.90 Å². The van der Waals surface area contributed by atoms with E-state index in [1.165, 1.54) is 4.90 Å². The average molecular weight is 385 g/mol. The van der Waals surface area contributed by atoms with Crippen LogP contribution < -0.4 is 5.11 Å². The third-order valence-electron chi connectivity index (χ3n) is 4.35. The molecule has 1 atom stereocenters. The quantitative estimate of drug-likeness (QED) is 0.565. The summed E-state index contributed by atoms with van der Waals surface area (Å²) in [5, 5.41) is 13.6. The third kappa shape index (κ3) is 3.66. The number of carboxylic acid groups (broad SMARTS) is 1. The van der Waals surface area contributed by atoms with Gasteiger partial charge in [-0.05, 0) is 28.8 Å². The zero-order valence-electron chi connectivity index (χ0n) is 14.3. The highest BCUT2D eigenvalue weighted by Crippen LogP contribution is 2.35. The van der Waals surface area contributed by atoms with Crippen LogP contribution in [0.3, 0.4) is 0 Å². The lowest BCUT2D eigenvalue weighted by Gasteiger charge is -2.27. The molecule has 4 nitrogen and oxygen atoms in total. The van der Waals surface area contributed by atoms with Gasteiger partial charge < -0.3 is 9.90 Å². The zero-order valence-corrected chi connectivity index (χ0v) is 15.9. The molecule has 0 unspecified atom stereocenters. The van der Waals surface area contributed by atoms with E-state index in [9.17, 15) is 14.7 Å². The highest BCUT2D eigenvalue weighted by atomic mass is 32.2. The van der Waals surface area contributed by atoms with Crippen molar-refractivity contribution < 1.29 is 14.7 Å². The number of thioether (sulfide) groups is 1. The van der Waals surface area contributed by atoms with Crippen LogP contribution in [0.5, 0.6) is 0 Å². The first kappa shape index (κ1) is 18.6. The van der Waals surface area contributed by atoms with Crippen molar-refractivity contribution in [2.75, 3.05) is 0 Å². The van der Waals surface area contributed by atoms with Gasteiger partial charge in [-0.25, -0.2) is 0 Å². The fourth-order valence-corrected chi connectivity index (χ4v) is 4.36. The number of unbranched alkanes of at least 4 members (excludes halogenated alkanes) is 1. The Morgan fingerprint density at radius 3 is 2.73 bits per heavy atom. The molecular formula is C20H18NO3S2-. The highest BCUT2D eigenvalue weighted by Gasteiger charge is 2.37. The summed E-state index contributed by atoms with van der Waals surface area (Å²) < 4.78 is 0.270. The molecule has 0 aliphatic carbocycles. The van der Waals surface area contributed by atoms with Crippen molar-refractivity contribution in [3.05, 3.63) is 52.9 Å². The minimum absolute atomic E-state index is 0.270. The molecule has 1 amide bonds. The molecule has 2 aromatic carbocycles. The number of fused-ring (bicyclic) bond motifs is 1. The lowest BCUT2D eigenvalue weighted by Crippen LogP contribution is -2.49. The van der Waals surface area contributed by atoms with E-state index >= 15 is 0 Å². The Morgan fingerprint density at radius 2 is 2.00 bits per heavy atom. The molecule has 0 bridgehead atoms. The van der Waals surface area contributed by atoms with Gasteiger partial charge in [0, 0.05) is 0 Å². The second-order valence-corrected chi connectivity index (χ2v) is 7.77. The summed E-state index contributed by atoms with van der Waals surface area (Å²) in [6.07, 6.45) is 3.66. The molecule has 0 radical (unpaired) electrons. The third-order valence-corrected chi connectivity index (χ3v) is 5.68. The van der Waals surface area contributed by atoms with Crippen molar-refractivity contribution in [2.45, 2.75) is 32.2 Å². The molecule has 2 aromatic rings. The number of benzene rings is 2. The van der Waals surface area contributed by atoms with Gasteiger partial charge in [-0.15, -0.1) is 0 Å². The summed E-state index contributed by atoms with van der Waals surface area (Å²) in [5.41, 5.74) is 0.905. The van der Waals surface area contributed by atoms with Crippen LogP contribution in [0.4, 0.5) is 0 Å². The topological polar surface area (TPSA) is 60.4 Å². The summed E-state index contributed by atoms with van der Waals surface area (Å²) in [7, 11) is 0. The number of nitrogens with zero attached hydrogens (tertiary/aromatic N) is 1. The number of hydrogen-bond acceptors (Lipinski definition) is 5. The molecule has 0 spiro atoms. The summed E-state index contributed by atoms with van der Waals surface area (Å²) >= 11 is 6.43. The zero-order chi connectivity index (χ0) is 18.7. The maximum Gasteiger partial charge on any atom is 0.266 e. The average Bonchev–Trinajstić information content (AvgIpc) is 2.90. The number of carboxylic acids is 1. The summed E-state index contributed by atoms with van der Waals surface area (Å²) in [6.45, 7) is 1.97. The number of carbonyl (C=O) groups excluding carboxylic acids is 2. The van der Waals surface area contributed by atoms with Gasteiger partial charge in [0.2, 0.25) is 0 Å². The van der Waals surface area contributed by atoms with Gasteiger partial charge in [-0.3, -0.25) is 9.69 Å². The number of hydrogen-bond donors (Lipinski definition) is 0. The summed E-state index contributed by atoms with van der Waals surface area (Å²) in [6, 6.07) is 12.8. The van der Waals surface area contributed by atoms with Crippen LogP contribution in [0, 0.1) is 0 Å². The standard InChI is InChI=1S/C20H19NO3S2/c1-2-3-11-16(19(23)24)21-18(22)17(26-20(21)25)12-14-9-6-8-13-7-4-5-10-15(13)14/h4-10,12,16H,2-3,11H2,1H3,(H,23,24)/p-1/b17-12-/t16-/m0/s1. The van der Waals surface area contributed by atoms with Crippen LogP contribution >= 0.6 is 24.0 Å². The molecule has 1 heterocycles. The first-order chi connectivity index (χ1) is 12.5. The molecule has 1 aliphatic heterocycles. The van der Waals surface area contributed by atoms with Gasteiger partial charge in [0.15, 0.2) is 0 Å². The van der Waals surface area contributed by atoms with Crippen LogP contribution in [0.25, 0.3) is 16.8 Å². The normalized spacial score (nSPS) is 17.3. The number of rotatable bonds is 6. The van der Waals surface area contributed by atoms with Crippen LogP contribution in [0.2, 0.25) is 0 Å². The van der Waals surface area contributed by atoms with E-state index in [1.807, 2.05) is 49.4 Å². The van der Waals surface area contributed by atoms with Crippen LogP contribution in [-0.4, -0.2) is 27.1 Å². The Morgan fingerprint density at radius 1 is 1.27 bits per heavy atom. The van der Waals surface area contributed by atoms with Gasteiger partial charge in [-0.2, -0.15) is 0 Å². The van der Waals surface area contributed by atoms with E-state index in [2.05, 4.69) is 0 Å². The van der Waals surface area contributed by atoms with E-state index in [1.54, 1.807) is 6.08 Å². The minimum Gasteiger partial charge on any atom is -0.548 e. The summed E-state index contributed by atoms with van der Waals surface area (Å²) in [4.78, 5) is 26.0. The lowest BCUT2D eigenvalue weighted by atomic mass is 10.0. The Balaban J connectivity index is 1.95. The molecule has 0 saturated carbocycles. The SMILES string of the molecule is CCCC[C@@H](C(=O)[O-])N1C(=O)/C(=C/c2cccc3ccccc23)SC1=S. The highest BCUT2D eigenvalue weighted by molar-refractivity contribution is 8.26. The van der Waals surface area contributed by atoms with E-state index in [0.717, 1.165) is 34.5 Å². The Bertz CT molecular complexity index is 902. The molecular weight excluding hydrogens is 366 g/mol. The molecule has 3 rings (SSSR count). The monoisotopic (exact) mass is 384 g/mol. The number of aliphatic carboxylic acids is 1. The van der Waals surface area contributed by atoms with Crippen molar-refractivity contribution in [1.29, 1.82) is 0 Å². The van der Waals surface area contributed by atoms with Crippen LogP contribution in [0.15, 0.2) is 47.4 Å². The predicted octanol–water partition coefficient (Wildman–Crippen LogP) is 3.35. The predicted molar refractivity (Wildman–Crippen MR) is 107 cm³/mol. The Kier molecular flexibility index (Phi) is 5.74. The maximum atomic E-state index is 12.8. The van der Waals surface area contributed by atoms with Gasteiger partial charge in [0.05, 0.1) is 16.9 Å². The smallest absolute Gasteiger partial charge is 0.266 e. The van der Waals surface area contributed by atoms with Crippen molar-refractivity contribution in [3.63, 3.8) is 0 Å². The van der Waals surface area contributed by atoms with Gasteiger partial charge in [0.1, 0.15) is 4.32 Å². The Labute approximate surface area is 161 Å². The van der Waals surface area contributed by atoms with Gasteiger partial charge in [-0.1, -0.05) is 86.2 Å². The molecule has 1 fully saturated rings. The number of thiocarbonyl (C=S) groups is 1. The minimum atomic E-state index is -1.26. The van der Waals surface area contributed by atoms with E-state index in [4.69, 9.17) is 12.2 Å². The molecule has 0 N–H and O–H groups in total. The second kappa shape index (κ2) is 8.01. The van der Waals surface area contributed by atoms with E-state index in [-0.39, 0.29) is 10.2 Å². The first-order valence-corrected chi connectivity index (χ1v) is 9.71. The molecule has 1 aliphatic rings. The molecule has 1 saturated heterocycles. The number of carbonyl (C=O) groups is 2. The van der Waals surface area contributed by atoms with Crippen LogP contribution in [0.1, 0.15) is 31.7 Å². The number of amides is 1. The van der Waals surface area contributed by atoms with Crippen molar-refractivity contribution in [3.8, 4) is 0 Å². The van der Waals surface area contributed by atoms with Gasteiger partial charge in [0.25, 0.3) is 5.91 Å². The fraction of sp³-hybridized carbons (Fsp3) is 0.250. The molecule has 26 heavy (non-hydrogen) atoms. The molecule has 6 heteroatoms. The molecule has 134 valence electrons. The summed E-state index contributed by atoms with van der Waals surface area (Å²) in [5.74, 6) is -1.63. The van der Waals surface area contributed by atoms with Crippen molar-refractivity contribution in [2.24, 2.45) is 0 Å². The first-order valence-electron chi connectivity index (χ1n) is 8.48. The maximum absolute atomic E-state index is 12.8. The molecule has 0 aromatic heterocycles. The van der Waals surface area contributed by atoms with Crippen molar-refractivity contribution >= 4 is 57.0 Å². The fourth-order valence-electron chi connectivity index (χ4n) is 3.02. The lowest BCUT2D eigenvalue weighted by molar-refractivity contribution is -0.310. The largest absolute Gasteiger partial charge is 0.548 e. The van der Waals surface area contributed by atoms with E-state index < -0.39 is 12.0 Å². The van der Waals surface area contributed by atoms with Crippen LogP contribution in [-0.2, 0) is 9.59 Å². The van der Waals surface area contributed by atoms with Gasteiger partial charge >= 0.3 is 0 Å². The van der Waals surface area contributed by atoms with E-state index in [0.29, 0.717) is 17.7 Å².